The Bertz CT molecular complexity index is 601. The molecule has 2 amide bonds. The summed E-state index contributed by atoms with van der Waals surface area (Å²) in [6.07, 6.45) is 4.45. The minimum absolute atomic E-state index is 0.0191. The van der Waals surface area contributed by atoms with Crippen LogP contribution in [0, 0.1) is 13.8 Å². The zero-order valence-electron chi connectivity index (χ0n) is 14.2. The van der Waals surface area contributed by atoms with E-state index in [9.17, 15) is 9.59 Å². The smallest absolute Gasteiger partial charge is 0.259 e. The summed E-state index contributed by atoms with van der Waals surface area (Å²) in [7, 11) is 0. The van der Waals surface area contributed by atoms with E-state index in [-0.39, 0.29) is 17.4 Å². The second-order valence-corrected chi connectivity index (χ2v) is 6.75. The lowest BCUT2D eigenvalue weighted by Crippen LogP contribution is -2.63. The van der Waals surface area contributed by atoms with E-state index >= 15 is 0 Å². The fourth-order valence-electron chi connectivity index (χ4n) is 4.27. The van der Waals surface area contributed by atoms with Gasteiger partial charge in [-0.15, -0.1) is 0 Å². The molecule has 2 aliphatic heterocycles. The number of nitrogens with zero attached hydrogens (tertiary/aromatic N) is 3. The average Bonchev–Trinajstić information content (AvgIpc) is 2.86. The van der Waals surface area contributed by atoms with Crippen molar-refractivity contribution in [3.05, 3.63) is 17.0 Å². The zero-order chi connectivity index (χ0) is 16.6. The van der Waals surface area contributed by atoms with E-state index in [2.05, 4.69) is 5.16 Å². The molecule has 1 unspecified atom stereocenters. The molecule has 6 heteroatoms. The SMILES string of the molecule is CCN1C(=O)CCCC12CCCN(C(=O)c1c(C)noc1C)C2. The number of amides is 2. The van der Waals surface area contributed by atoms with Crippen molar-refractivity contribution in [2.45, 2.75) is 58.4 Å². The fraction of sp³-hybridized carbons (Fsp3) is 0.706. The van der Waals surface area contributed by atoms with Crippen LogP contribution >= 0.6 is 0 Å². The number of hydrogen-bond acceptors (Lipinski definition) is 4. The number of likely N-dealkylation sites (tertiary alicyclic amines) is 2. The molecule has 1 spiro atoms. The Kier molecular flexibility index (Phi) is 4.17. The lowest BCUT2D eigenvalue weighted by atomic mass is 9.79. The summed E-state index contributed by atoms with van der Waals surface area (Å²) in [6.45, 7) is 7.67. The van der Waals surface area contributed by atoms with Gasteiger partial charge in [-0.05, 0) is 46.5 Å². The van der Waals surface area contributed by atoms with Crippen molar-refractivity contribution in [1.29, 1.82) is 0 Å². The number of hydrogen-bond donors (Lipinski definition) is 0. The van der Waals surface area contributed by atoms with Gasteiger partial charge in [0.25, 0.3) is 5.91 Å². The molecule has 126 valence electrons. The first-order valence-corrected chi connectivity index (χ1v) is 8.51. The maximum atomic E-state index is 12.9. The molecule has 1 aromatic heterocycles. The Balaban J connectivity index is 1.86. The van der Waals surface area contributed by atoms with E-state index in [0.29, 0.717) is 36.5 Å². The van der Waals surface area contributed by atoms with Crippen LogP contribution in [-0.2, 0) is 4.79 Å². The number of piperidine rings is 2. The van der Waals surface area contributed by atoms with Crippen LogP contribution in [0.1, 0.15) is 60.8 Å². The summed E-state index contributed by atoms with van der Waals surface area (Å²) < 4.78 is 5.14. The van der Waals surface area contributed by atoms with E-state index < -0.39 is 0 Å². The second kappa shape index (κ2) is 5.98. The number of aromatic nitrogens is 1. The lowest BCUT2D eigenvalue weighted by Gasteiger charge is -2.51. The Morgan fingerprint density at radius 1 is 1.30 bits per heavy atom. The molecule has 1 aromatic rings. The van der Waals surface area contributed by atoms with Gasteiger partial charge in [-0.25, -0.2) is 0 Å². The highest BCUT2D eigenvalue weighted by atomic mass is 16.5. The molecule has 0 saturated carbocycles. The molecule has 2 aliphatic rings. The van der Waals surface area contributed by atoms with Gasteiger partial charge < -0.3 is 14.3 Å². The molecular formula is C17H25N3O3. The van der Waals surface area contributed by atoms with Gasteiger partial charge in [0.05, 0.1) is 11.2 Å². The van der Waals surface area contributed by atoms with E-state index in [0.717, 1.165) is 32.2 Å². The first kappa shape index (κ1) is 16.0. The summed E-state index contributed by atoms with van der Waals surface area (Å²) in [5.74, 6) is 0.777. The van der Waals surface area contributed by atoms with E-state index in [4.69, 9.17) is 4.52 Å². The van der Waals surface area contributed by atoms with Crippen LogP contribution in [0.2, 0.25) is 0 Å². The van der Waals surface area contributed by atoms with Crippen molar-refractivity contribution in [3.63, 3.8) is 0 Å². The van der Waals surface area contributed by atoms with Crippen LogP contribution in [0.4, 0.5) is 0 Å². The van der Waals surface area contributed by atoms with Crippen LogP contribution in [-0.4, -0.2) is 51.9 Å². The van der Waals surface area contributed by atoms with Gasteiger partial charge in [-0.3, -0.25) is 9.59 Å². The average molecular weight is 319 g/mol. The molecule has 3 heterocycles. The predicted molar refractivity (Wildman–Crippen MR) is 85.1 cm³/mol. The van der Waals surface area contributed by atoms with Crippen molar-refractivity contribution < 1.29 is 14.1 Å². The number of aryl methyl sites for hydroxylation is 2. The molecule has 1 atom stereocenters. The van der Waals surface area contributed by atoms with Crippen molar-refractivity contribution in [2.24, 2.45) is 0 Å². The molecule has 0 aliphatic carbocycles. The number of carbonyl (C=O) groups excluding carboxylic acids is 2. The number of carbonyl (C=O) groups is 2. The predicted octanol–water partition coefficient (Wildman–Crippen LogP) is 2.30. The maximum Gasteiger partial charge on any atom is 0.259 e. The van der Waals surface area contributed by atoms with Gasteiger partial charge in [-0.2, -0.15) is 0 Å². The maximum absolute atomic E-state index is 12.9. The molecular weight excluding hydrogens is 294 g/mol. The molecule has 23 heavy (non-hydrogen) atoms. The Morgan fingerprint density at radius 2 is 2.04 bits per heavy atom. The van der Waals surface area contributed by atoms with Gasteiger partial charge in [0.15, 0.2) is 0 Å². The molecule has 0 radical (unpaired) electrons. The molecule has 0 N–H and O–H groups in total. The van der Waals surface area contributed by atoms with Gasteiger partial charge in [-0.1, -0.05) is 5.16 Å². The molecule has 2 saturated heterocycles. The second-order valence-electron chi connectivity index (χ2n) is 6.75. The third kappa shape index (κ3) is 2.64. The lowest BCUT2D eigenvalue weighted by molar-refractivity contribution is -0.144. The summed E-state index contributed by atoms with van der Waals surface area (Å²) in [5.41, 5.74) is 1.03. The fourth-order valence-corrected chi connectivity index (χ4v) is 4.27. The third-order valence-electron chi connectivity index (χ3n) is 5.31. The highest BCUT2D eigenvalue weighted by Gasteiger charge is 2.45. The number of likely N-dealkylation sites (N-methyl/N-ethyl adjacent to an activating group) is 1. The molecule has 2 fully saturated rings. The Morgan fingerprint density at radius 3 is 2.70 bits per heavy atom. The van der Waals surface area contributed by atoms with E-state index in [1.54, 1.807) is 13.8 Å². The minimum Gasteiger partial charge on any atom is -0.361 e. The van der Waals surface area contributed by atoms with Crippen molar-refractivity contribution in [2.75, 3.05) is 19.6 Å². The van der Waals surface area contributed by atoms with Crippen molar-refractivity contribution in [3.8, 4) is 0 Å². The van der Waals surface area contributed by atoms with Crippen molar-refractivity contribution >= 4 is 11.8 Å². The molecule has 0 bridgehead atoms. The van der Waals surface area contributed by atoms with Crippen LogP contribution in [0.25, 0.3) is 0 Å². The first-order chi connectivity index (χ1) is 11.0. The van der Waals surface area contributed by atoms with Crippen LogP contribution in [0.5, 0.6) is 0 Å². The Labute approximate surface area is 136 Å². The molecule has 3 rings (SSSR count). The summed E-state index contributed by atoms with van der Waals surface area (Å²) >= 11 is 0. The van der Waals surface area contributed by atoms with Crippen LogP contribution in [0.15, 0.2) is 4.52 Å². The molecule has 0 aromatic carbocycles. The summed E-state index contributed by atoms with van der Waals surface area (Å²) in [5, 5.41) is 3.89. The van der Waals surface area contributed by atoms with Gasteiger partial charge >= 0.3 is 0 Å². The van der Waals surface area contributed by atoms with E-state index in [1.807, 2.05) is 16.7 Å². The summed E-state index contributed by atoms with van der Waals surface area (Å²) in [4.78, 5) is 29.1. The largest absolute Gasteiger partial charge is 0.361 e. The zero-order valence-corrected chi connectivity index (χ0v) is 14.2. The van der Waals surface area contributed by atoms with Crippen LogP contribution in [0.3, 0.4) is 0 Å². The quantitative estimate of drug-likeness (QED) is 0.839. The number of rotatable bonds is 2. The van der Waals surface area contributed by atoms with Crippen LogP contribution < -0.4 is 0 Å². The third-order valence-corrected chi connectivity index (χ3v) is 5.31. The monoisotopic (exact) mass is 319 g/mol. The normalized spacial score (nSPS) is 25.3. The topological polar surface area (TPSA) is 66.7 Å². The van der Waals surface area contributed by atoms with Crippen molar-refractivity contribution in [1.82, 2.24) is 15.0 Å². The Hall–Kier alpha value is -1.85. The standard InChI is InChI=1S/C17H25N3O3/c1-4-20-14(21)7-5-8-17(20)9-6-10-19(11-17)16(22)15-12(2)18-23-13(15)3/h4-11H2,1-3H3. The highest BCUT2D eigenvalue weighted by Crippen LogP contribution is 2.37. The summed E-state index contributed by atoms with van der Waals surface area (Å²) in [6, 6.07) is 0. The first-order valence-electron chi connectivity index (χ1n) is 8.51. The molecule has 6 nitrogen and oxygen atoms in total. The van der Waals surface area contributed by atoms with Gasteiger partial charge in [0, 0.05) is 26.1 Å². The highest BCUT2D eigenvalue weighted by molar-refractivity contribution is 5.96. The van der Waals surface area contributed by atoms with Gasteiger partial charge in [0.1, 0.15) is 11.3 Å². The van der Waals surface area contributed by atoms with E-state index in [1.165, 1.54) is 0 Å². The minimum atomic E-state index is -0.184. The van der Waals surface area contributed by atoms with Gasteiger partial charge in [0.2, 0.25) is 5.91 Å².